The molecule has 1 fully saturated rings. The van der Waals surface area contributed by atoms with Gasteiger partial charge >= 0.3 is 6.09 Å². The minimum atomic E-state index is -3.55. The standard InChI is InChI=1S/C19H27NO5S/c1-6-13-8-10-14(11-9-13)15-16(26(23,24)7-2)19(15,12-21)20-17(22)25-18(3,4)5/h8-12,15-16H,6-7H2,1-5H3,(H,20,22)/t15-,16-,19-/m1/s1. The maximum Gasteiger partial charge on any atom is 0.408 e. The van der Waals surface area contributed by atoms with Gasteiger partial charge in [0.05, 0.1) is 0 Å². The lowest BCUT2D eigenvalue weighted by molar-refractivity contribution is -0.110. The summed E-state index contributed by atoms with van der Waals surface area (Å²) in [5, 5.41) is 1.54. The monoisotopic (exact) mass is 381 g/mol. The van der Waals surface area contributed by atoms with Crippen LogP contribution in [0, 0.1) is 0 Å². The van der Waals surface area contributed by atoms with E-state index in [0.717, 1.165) is 12.0 Å². The lowest BCUT2D eigenvalue weighted by atomic mass is 10.0. The molecule has 1 amide bonds. The van der Waals surface area contributed by atoms with Gasteiger partial charge in [-0.3, -0.25) is 0 Å². The number of benzene rings is 1. The number of hydrogen-bond donors (Lipinski definition) is 1. The molecule has 1 N–H and O–H groups in total. The summed E-state index contributed by atoms with van der Waals surface area (Å²) in [6.45, 7) is 8.67. The van der Waals surface area contributed by atoms with Crippen molar-refractivity contribution in [1.29, 1.82) is 0 Å². The Balaban J connectivity index is 2.39. The predicted molar refractivity (Wildman–Crippen MR) is 100.0 cm³/mol. The average molecular weight is 381 g/mol. The molecule has 2 rings (SSSR count). The second kappa shape index (κ2) is 7.02. The number of aryl methyl sites for hydroxylation is 1. The SMILES string of the molecule is CCc1ccc([C@@H]2[C@@H](S(=O)(=O)CC)[C@]2(C=O)NC(=O)OC(C)(C)C)cc1. The van der Waals surface area contributed by atoms with Crippen molar-refractivity contribution in [3.63, 3.8) is 0 Å². The number of rotatable bonds is 6. The smallest absolute Gasteiger partial charge is 0.408 e. The molecule has 144 valence electrons. The van der Waals surface area contributed by atoms with E-state index in [1.54, 1.807) is 20.8 Å². The van der Waals surface area contributed by atoms with Gasteiger partial charge in [-0.1, -0.05) is 38.1 Å². The number of alkyl carbamates (subject to hydrolysis) is 1. The second-order valence-electron chi connectivity index (χ2n) is 7.62. The first kappa shape index (κ1) is 20.4. The van der Waals surface area contributed by atoms with Crippen molar-refractivity contribution >= 4 is 22.2 Å². The van der Waals surface area contributed by atoms with E-state index >= 15 is 0 Å². The number of hydrogen-bond acceptors (Lipinski definition) is 5. The molecule has 3 atom stereocenters. The Morgan fingerprint density at radius 3 is 2.23 bits per heavy atom. The molecule has 7 heteroatoms. The van der Waals surface area contributed by atoms with E-state index in [1.165, 1.54) is 6.92 Å². The van der Waals surface area contributed by atoms with Crippen molar-refractivity contribution in [2.45, 2.75) is 63.3 Å². The summed E-state index contributed by atoms with van der Waals surface area (Å²) in [5.74, 6) is -0.726. The average Bonchev–Trinajstić information content (AvgIpc) is 3.22. The van der Waals surface area contributed by atoms with Crippen LogP contribution < -0.4 is 5.32 Å². The molecule has 0 aliphatic heterocycles. The van der Waals surface area contributed by atoms with Crippen LogP contribution in [0.4, 0.5) is 4.79 Å². The van der Waals surface area contributed by atoms with Crippen LogP contribution in [0.15, 0.2) is 24.3 Å². The van der Waals surface area contributed by atoms with Crippen LogP contribution in [-0.4, -0.2) is 42.9 Å². The minimum Gasteiger partial charge on any atom is -0.444 e. The van der Waals surface area contributed by atoms with E-state index in [0.29, 0.717) is 11.8 Å². The van der Waals surface area contributed by atoms with Crippen molar-refractivity contribution in [1.82, 2.24) is 5.32 Å². The number of carbonyl (C=O) groups excluding carboxylic acids is 2. The normalized spacial score (nSPS) is 25.4. The van der Waals surface area contributed by atoms with Gasteiger partial charge in [0.2, 0.25) is 0 Å². The van der Waals surface area contributed by atoms with E-state index in [9.17, 15) is 18.0 Å². The summed E-state index contributed by atoms with van der Waals surface area (Å²) >= 11 is 0. The molecule has 1 aromatic carbocycles. The second-order valence-corrected chi connectivity index (χ2v) is 10.0. The Kier molecular flexibility index (Phi) is 5.52. The zero-order valence-corrected chi connectivity index (χ0v) is 16.7. The molecule has 0 aromatic heterocycles. The minimum absolute atomic E-state index is 0.104. The third-order valence-electron chi connectivity index (χ3n) is 4.63. The number of sulfone groups is 1. The van der Waals surface area contributed by atoms with Crippen molar-refractivity contribution < 1.29 is 22.7 Å². The molecule has 6 nitrogen and oxygen atoms in total. The van der Waals surface area contributed by atoms with Gasteiger partial charge in [0, 0.05) is 11.7 Å². The van der Waals surface area contributed by atoms with Crippen LogP contribution in [0.2, 0.25) is 0 Å². The number of nitrogens with one attached hydrogen (secondary N) is 1. The molecule has 0 radical (unpaired) electrons. The number of aldehydes is 1. The predicted octanol–water partition coefficient (Wildman–Crippen LogP) is 2.61. The zero-order valence-electron chi connectivity index (χ0n) is 15.9. The van der Waals surface area contributed by atoms with E-state index < -0.39 is 38.2 Å². The Morgan fingerprint density at radius 2 is 1.81 bits per heavy atom. The van der Waals surface area contributed by atoms with Crippen LogP contribution in [-0.2, 0) is 25.8 Å². The summed E-state index contributed by atoms with van der Waals surface area (Å²) in [6.07, 6.45) is 0.595. The lowest BCUT2D eigenvalue weighted by Gasteiger charge is -2.22. The summed E-state index contributed by atoms with van der Waals surface area (Å²) in [6, 6.07) is 7.46. The van der Waals surface area contributed by atoms with Crippen molar-refractivity contribution in [2.24, 2.45) is 0 Å². The Hall–Kier alpha value is -1.89. The highest BCUT2D eigenvalue weighted by molar-refractivity contribution is 7.92. The number of ether oxygens (including phenoxy) is 1. The van der Waals surface area contributed by atoms with Crippen LogP contribution in [0.5, 0.6) is 0 Å². The molecule has 1 aliphatic rings. The van der Waals surface area contributed by atoms with Gasteiger partial charge in [-0.2, -0.15) is 0 Å². The van der Waals surface area contributed by atoms with Gasteiger partial charge in [0.15, 0.2) is 9.84 Å². The zero-order chi connectivity index (χ0) is 19.8. The van der Waals surface area contributed by atoms with Gasteiger partial charge in [0.1, 0.15) is 22.7 Å². The molecular weight excluding hydrogens is 354 g/mol. The lowest BCUT2D eigenvalue weighted by Crippen LogP contribution is -2.45. The molecule has 0 heterocycles. The Labute approximate surface area is 155 Å². The van der Waals surface area contributed by atoms with E-state index in [4.69, 9.17) is 4.74 Å². The fourth-order valence-electron chi connectivity index (χ4n) is 3.27. The van der Waals surface area contributed by atoms with E-state index in [2.05, 4.69) is 5.32 Å². The van der Waals surface area contributed by atoms with Crippen LogP contribution in [0.25, 0.3) is 0 Å². The van der Waals surface area contributed by atoms with Gasteiger partial charge in [-0.25, -0.2) is 13.2 Å². The van der Waals surface area contributed by atoms with Gasteiger partial charge in [-0.05, 0) is 38.3 Å². The summed E-state index contributed by atoms with van der Waals surface area (Å²) in [5.41, 5.74) is -0.417. The van der Waals surface area contributed by atoms with Gasteiger partial charge in [0.25, 0.3) is 0 Å². The van der Waals surface area contributed by atoms with Crippen LogP contribution >= 0.6 is 0 Å². The fraction of sp³-hybridized carbons (Fsp3) is 0.579. The topological polar surface area (TPSA) is 89.5 Å². The maximum absolute atomic E-state index is 12.6. The highest BCUT2D eigenvalue weighted by Gasteiger charge is 2.72. The first-order chi connectivity index (χ1) is 12.0. The highest BCUT2D eigenvalue weighted by atomic mass is 32.2. The molecule has 0 spiro atoms. The van der Waals surface area contributed by atoms with Crippen molar-refractivity contribution in [3.8, 4) is 0 Å². The Bertz CT molecular complexity index is 779. The van der Waals surface area contributed by atoms with Gasteiger partial charge in [-0.15, -0.1) is 0 Å². The Morgan fingerprint density at radius 1 is 1.23 bits per heavy atom. The largest absolute Gasteiger partial charge is 0.444 e. The summed E-state index contributed by atoms with van der Waals surface area (Å²) in [7, 11) is -3.55. The molecule has 0 bridgehead atoms. The van der Waals surface area contributed by atoms with Crippen molar-refractivity contribution in [2.75, 3.05) is 5.75 Å². The summed E-state index contributed by atoms with van der Waals surface area (Å²) < 4.78 is 30.3. The highest BCUT2D eigenvalue weighted by Crippen LogP contribution is 2.55. The number of carbonyl (C=O) groups is 2. The van der Waals surface area contributed by atoms with E-state index in [-0.39, 0.29) is 5.75 Å². The quantitative estimate of drug-likeness (QED) is 0.765. The first-order valence-corrected chi connectivity index (χ1v) is 10.5. The molecule has 1 aromatic rings. The third kappa shape index (κ3) is 3.92. The molecule has 0 unspecified atom stereocenters. The summed E-state index contributed by atoms with van der Waals surface area (Å²) in [4.78, 5) is 24.2. The van der Waals surface area contributed by atoms with Crippen LogP contribution in [0.3, 0.4) is 0 Å². The fourth-order valence-corrected chi connectivity index (χ4v) is 5.20. The molecule has 1 saturated carbocycles. The molecule has 0 saturated heterocycles. The molecule has 1 aliphatic carbocycles. The number of amides is 1. The molecule has 26 heavy (non-hydrogen) atoms. The van der Waals surface area contributed by atoms with Gasteiger partial charge < -0.3 is 14.8 Å². The third-order valence-corrected chi connectivity index (χ3v) is 6.87. The first-order valence-electron chi connectivity index (χ1n) is 8.78. The van der Waals surface area contributed by atoms with E-state index in [1.807, 2.05) is 31.2 Å². The van der Waals surface area contributed by atoms with Crippen LogP contribution in [0.1, 0.15) is 51.7 Å². The molecular formula is C19H27NO5S. The maximum atomic E-state index is 12.6. The van der Waals surface area contributed by atoms with Crippen molar-refractivity contribution in [3.05, 3.63) is 35.4 Å².